The normalized spacial score (nSPS) is 14.7. The fourth-order valence-electron chi connectivity index (χ4n) is 3.44. The van der Waals surface area contributed by atoms with E-state index in [9.17, 15) is 4.79 Å². The Labute approximate surface area is 194 Å². The van der Waals surface area contributed by atoms with Crippen LogP contribution in [0.4, 0.5) is 0 Å². The number of amides is 1. The molecule has 0 radical (unpaired) electrons. The summed E-state index contributed by atoms with van der Waals surface area (Å²) in [5.41, 5.74) is 1.79. The van der Waals surface area contributed by atoms with E-state index in [2.05, 4.69) is 22.0 Å². The van der Waals surface area contributed by atoms with Gasteiger partial charge in [-0.05, 0) is 55.6 Å². The highest BCUT2D eigenvalue weighted by Crippen LogP contribution is 2.34. The minimum absolute atomic E-state index is 0. The van der Waals surface area contributed by atoms with Gasteiger partial charge in [0.05, 0.1) is 16.7 Å². The smallest absolute Gasteiger partial charge is 0.254 e. The average molecular weight is 473 g/mol. The number of carbonyl (C=O) groups is 1. The zero-order valence-electron chi connectivity index (χ0n) is 17.2. The van der Waals surface area contributed by atoms with Gasteiger partial charge in [0, 0.05) is 44.1 Å². The second-order valence-electron chi connectivity index (χ2n) is 7.21. The first kappa shape index (κ1) is 24.7. The number of hydrogen-bond donors (Lipinski definition) is 0. The molecule has 5 nitrogen and oxygen atoms in total. The molecule has 0 atom stereocenters. The lowest BCUT2D eigenvalue weighted by Gasteiger charge is -2.22. The Hall–Kier alpha value is -1.53. The molecule has 1 aliphatic rings. The second-order valence-corrected chi connectivity index (χ2v) is 8.02. The summed E-state index contributed by atoms with van der Waals surface area (Å²) in [5.74, 6) is 0.414. The second kappa shape index (κ2) is 12.4. The van der Waals surface area contributed by atoms with Gasteiger partial charge in [-0.25, -0.2) is 0 Å². The van der Waals surface area contributed by atoms with Crippen LogP contribution < -0.4 is 4.74 Å². The summed E-state index contributed by atoms with van der Waals surface area (Å²) in [6, 6.07) is 7.42. The quantitative estimate of drug-likeness (QED) is 0.569. The zero-order valence-corrected chi connectivity index (χ0v) is 19.5. The summed E-state index contributed by atoms with van der Waals surface area (Å²) >= 11 is 12.6. The first-order valence-corrected chi connectivity index (χ1v) is 10.9. The Morgan fingerprint density at radius 2 is 1.80 bits per heavy atom. The van der Waals surface area contributed by atoms with E-state index in [1.165, 1.54) is 5.56 Å². The van der Waals surface area contributed by atoms with Gasteiger partial charge in [0.2, 0.25) is 0 Å². The van der Waals surface area contributed by atoms with Crippen LogP contribution in [0.2, 0.25) is 10.0 Å². The molecule has 1 aliphatic heterocycles. The fraction of sp³-hybridized carbons (Fsp3) is 0.455. The highest BCUT2D eigenvalue weighted by atomic mass is 35.5. The van der Waals surface area contributed by atoms with Gasteiger partial charge in [-0.2, -0.15) is 0 Å². The summed E-state index contributed by atoms with van der Waals surface area (Å²) in [6.07, 6.45) is 6.45. The first-order valence-electron chi connectivity index (χ1n) is 10.1. The summed E-state index contributed by atoms with van der Waals surface area (Å²) in [5, 5.41) is 0.756. The molecular weight excluding hydrogens is 445 g/mol. The molecule has 1 fully saturated rings. The van der Waals surface area contributed by atoms with Crippen molar-refractivity contribution in [1.82, 2.24) is 14.8 Å². The van der Waals surface area contributed by atoms with Crippen molar-refractivity contribution in [2.45, 2.75) is 26.2 Å². The topological polar surface area (TPSA) is 45.7 Å². The van der Waals surface area contributed by atoms with Crippen molar-refractivity contribution in [2.24, 2.45) is 0 Å². The molecule has 0 saturated carbocycles. The van der Waals surface area contributed by atoms with Gasteiger partial charge < -0.3 is 14.5 Å². The van der Waals surface area contributed by atoms with E-state index in [4.69, 9.17) is 27.9 Å². The van der Waals surface area contributed by atoms with Crippen molar-refractivity contribution in [3.63, 3.8) is 0 Å². The van der Waals surface area contributed by atoms with Crippen molar-refractivity contribution in [3.8, 4) is 5.75 Å². The minimum Gasteiger partial charge on any atom is -0.490 e. The number of aromatic nitrogens is 1. The summed E-state index contributed by atoms with van der Waals surface area (Å²) in [4.78, 5) is 21.4. The van der Waals surface area contributed by atoms with Crippen LogP contribution in [0.3, 0.4) is 0 Å². The van der Waals surface area contributed by atoms with Crippen LogP contribution in [0, 0.1) is 0 Å². The predicted molar refractivity (Wildman–Crippen MR) is 124 cm³/mol. The van der Waals surface area contributed by atoms with Crippen LogP contribution in [0.15, 0.2) is 36.7 Å². The molecule has 164 valence electrons. The number of halogens is 3. The minimum atomic E-state index is -0.0353. The highest BCUT2D eigenvalue weighted by molar-refractivity contribution is 6.37. The number of hydrogen-bond acceptors (Lipinski definition) is 4. The third-order valence-corrected chi connectivity index (χ3v) is 5.60. The molecule has 1 aromatic heterocycles. The van der Waals surface area contributed by atoms with Crippen molar-refractivity contribution in [1.29, 1.82) is 0 Å². The third-order valence-electron chi connectivity index (χ3n) is 5.04. The lowest BCUT2D eigenvalue weighted by atomic mass is 10.2. The number of rotatable bonds is 7. The molecule has 0 N–H and O–H groups in total. The summed E-state index contributed by atoms with van der Waals surface area (Å²) in [6.45, 7) is 6.79. The zero-order chi connectivity index (χ0) is 20.6. The molecule has 0 aliphatic carbocycles. The van der Waals surface area contributed by atoms with Gasteiger partial charge >= 0.3 is 0 Å². The number of ether oxygens (including phenoxy) is 1. The van der Waals surface area contributed by atoms with Gasteiger partial charge in [-0.1, -0.05) is 30.1 Å². The Kier molecular flexibility index (Phi) is 10.2. The molecule has 1 aromatic carbocycles. The molecule has 0 unspecified atom stereocenters. The van der Waals surface area contributed by atoms with Gasteiger partial charge in [0.25, 0.3) is 5.91 Å². The standard InChI is InChI=1S/C22H27Cl2N3O2.ClH/c1-2-14-29-21-19(23)15-18(16-20(21)24)22(28)27-10-3-9-26(12-13-27)11-6-17-4-7-25-8-5-17;/h4-5,7-8,15-16H,2-3,6,9-14H2,1H3;1H. The van der Waals surface area contributed by atoms with E-state index in [1.807, 2.05) is 24.2 Å². The molecule has 0 spiro atoms. The van der Waals surface area contributed by atoms with Crippen LogP contribution in [-0.2, 0) is 6.42 Å². The maximum atomic E-state index is 13.0. The summed E-state index contributed by atoms with van der Waals surface area (Å²) < 4.78 is 5.60. The molecular formula is C22H28Cl3N3O2. The van der Waals surface area contributed by atoms with Gasteiger partial charge in [-0.15, -0.1) is 12.4 Å². The molecule has 8 heteroatoms. The van der Waals surface area contributed by atoms with E-state index in [0.717, 1.165) is 45.4 Å². The molecule has 30 heavy (non-hydrogen) atoms. The lowest BCUT2D eigenvalue weighted by Crippen LogP contribution is -2.35. The molecule has 0 bridgehead atoms. The van der Waals surface area contributed by atoms with E-state index < -0.39 is 0 Å². The van der Waals surface area contributed by atoms with Crippen molar-refractivity contribution in [2.75, 3.05) is 39.3 Å². The largest absolute Gasteiger partial charge is 0.490 e. The van der Waals surface area contributed by atoms with Crippen molar-refractivity contribution >= 4 is 41.5 Å². The number of nitrogens with zero attached hydrogens (tertiary/aromatic N) is 3. The third kappa shape index (κ3) is 6.74. The van der Waals surface area contributed by atoms with Gasteiger partial charge in [-0.3, -0.25) is 9.78 Å². The fourth-order valence-corrected chi connectivity index (χ4v) is 4.04. The van der Waals surface area contributed by atoms with Crippen LogP contribution in [0.5, 0.6) is 5.75 Å². The van der Waals surface area contributed by atoms with Crippen LogP contribution in [0.1, 0.15) is 35.7 Å². The molecule has 2 heterocycles. The van der Waals surface area contributed by atoms with Crippen LogP contribution in [-0.4, -0.2) is 60.0 Å². The Bertz CT molecular complexity index is 798. The Morgan fingerprint density at radius 1 is 1.10 bits per heavy atom. The van der Waals surface area contributed by atoms with Crippen molar-refractivity contribution < 1.29 is 9.53 Å². The van der Waals surface area contributed by atoms with Gasteiger partial charge in [0.15, 0.2) is 5.75 Å². The average Bonchev–Trinajstić information content (AvgIpc) is 2.97. The molecule has 3 rings (SSSR count). The highest BCUT2D eigenvalue weighted by Gasteiger charge is 2.22. The van der Waals surface area contributed by atoms with Crippen molar-refractivity contribution in [3.05, 3.63) is 57.8 Å². The van der Waals surface area contributed by atoms with Crippen LogP contribution >= 0.6 is 35.6 Å². The SMILES string of the molecule is CCCOc1c(Cl)cc(C(=O)N2CCCN(CCc3ccncc3)CC2)cc1Cl.Cl. The number of carbonyl (C=O) groups excluding carboxylic acids is 1. The number of benzene rings is 1. The Morgan fingerprint density at radius 3 is 2.47 bits per heavy atom. The monoisotopic (exact) mass is 471 g/mol. The van der Waals surface area contributed by atoms with Crippen LogP contribution in [0.25, 0.3) is 0 Å². The molecule has 1 saturated heterocycles. The van der Waals surface area contributed by atoms with E-state index >= 15 is 0 Å². The lowest BCUT2D eigenvalue weighted by molar-refractivity contribution is 0.0761. The maximum absolute atomic E-state index is 13.0. The predicted octanol–water partition coefficient (Wildman–Crippen LogP) is 4.99. The molecule has 1 amide bonds. The van der Waals surface area contributed by atoms with Gasteiger partial charge in [0.1, 0.15) is 0 Å². The number of pyridine rings is 1. The van der Waals surface area contributed by atoms with E-state index in [-0.39, 0.29) is 18.3 Å². The molecule has 2 aromatic rings. The maximum Gasteiger partial charge on any atom is 0.254 e. The van der Waals surface area contributed by atoms with E-state index in [1.54, 1.807) is 12.1 Å². The summed E-state index contributed by atoms with van der Waals surface area (Å²) in [7, 11) is 0. The Balaban J connectivity index is 0.00000320. The van der Waals surface area contributed by atoms with E-state index in [0.29, 0.717) is 34.5 Å². The first-order chi connectivity index (χ1) is 14.1.